The Morgan fingerprint density at radius 3 is 2.53 bits per heavy atom. The van der Waals surface area contributed by atoms with Crippen molar-refractivity contribution in [2.45, 2.75) is 39.3 Å². The maximum absolute atomic E-state index is 13.5. The van der Waals surface area contributed by atoms with Crippen LogP contribution in [-0.2, 0) is 4.79 Å². The maximum Gasteiger partial charge on any atom is 0.242 e. The van der Waals surface area contributed by atoms with Gasteiger partial charge in [0.05, 0.1) is 14.9 Å². The minimum absolute atomic E-state index is 0.161. The van der Waals surface area contributed by atoms with Gasteiger partial charge in [0.1, 0.15) is 11.9 Å². The standard InChI is InChI=1S/C13H19FIN3O/c1-7(12(19)18-13(2,3)4)17-11-5-8(14)9(15)6-10(11)16/h5-7,17H,16H2,1-4H3,(H,18,19). The van der Waals surface area contributed by atoms with Crippen LogP contribution in [0, 0.1) is 9.39 Å². The predicted molar refractivity (Wildman–Crippen MR) is 84.5 cm³/mol. The molecule has 0 aliphatic carbocycles. The largest absolute Gasteiger partial charge is 0.397 e. The average molecular weight is 379 g/mol. The summed E-state index contributed by atoms with van der Waals surface area (Å²) in [5.74, 6) is -0.522. The van der Waals surface area contributed by atoms with E-state index in [9.17, 15) is 9.18 Å². The first-order valence-corrected chi connectivity index (χ1v) is 7.01. The van der Waals surface area contributed by atoms with Crippen LogP contribution in [-0.4, -0.2) is 17.5 Å². The van der Waals surface area contributed by atoms with E-state index >= 15 is 0 Å². The Balaban J connectivity index is 2.80. The van der Waals surface area contributed by atoms with Gasteiger partial charge >= 0.3 is 0 Å². The van der Waals surface area contributed by atoms with Gasteiger partial charge in [0, 0.05) is 11.6 Å². The van der Waals surface area contributed by atoms with Crippen molar-refractivity contribution in [1.82, 2.24) is 5.32 Å². The van der Waals surface area contributed by atoms with Gasteiger partial charge in [0.25, 0.3) is 0 Å². The summed E-state index contributed by atoms with van der Waals surface area (Å²) in [7, 11) is 0. The number of halogens is 2. The number of carbonyl (C=O) groups excluding carboxylic acids is 1. The molecule has 0 spiro atoms. The Bertz CT molecular complexity index is 486. The molecule has 6 heteroatoms. The van der Waals surface area contributed by atoms with Crippen LogP contribution in [0.25, 0.3) is 0 Å². The number of amides is 1. The number of carbonyl (C=O) groups is 1. The minimum Gasteiger partial charge on any atom is -0.397 e. The smallest absolute Gasteiger partial charge is 0.242 e. The van der Waals surface area contributed by atoms with Crippen molar-refractivity contribution in [3.63, 3.8) is 0 Å². The van der Waals surface area contributed by atoms with Gasteiger partial charge in [-0.1, -0.05) is 0 Å². The Morgan fingerprint density at radius 1 is 1.42 bits per heavy atom. The molecule has 4 N–H and O–H groups in total. The third-order valence-corrected chi connectivity index (χ3v) is 3.18. The number of anilines is 2. The van der Waals surface area contributed by atoms with Crippen LogP contribution in [0.2, 0.25) is 0 Å². The minimum atomic E-state index is -0.499. The van der Waals surface area contributed by atoms with Gasteiger partial charge in [0.2, 0.25) is 5.91 Å². The van der Waals surface area contributed by atoms with E-state index in [4.69, 9.17) is 5.73 Å². The van der Waals surface area contributed by atoms with Gasteiger partial charge in [-0.15, -0.1) is 0 Å². The van der Waals surface area contributed by atoms with Crippen molar-refractivity contribution in [1.29, 1.82) is 0 Å². The Kier molecular flexibility index (Phi) is 5.00. The predicted octanol–water partition coefficient (Wildman–Crippen LogP) is 2.73. The lowest BCUT2D eigenvalue weighted by atomic mass is 10.1. The lowest BCUT2D eigenvalue weighted by molar-refractivity contribution is -0.122. The molecule has 0 saturated carbocycles. The molecule has 1 amide bonds. The molecular weight excluding hydrogens is 360 g/mol. The summed E-state index contributed by atoms with van der Waals surface area (Å²) < 4.78 is 13.9. The molecular formula is C13H19FIN3O. The molecule has 0 fully saturated rings. The average Bonchev–Trinajstić information content (AvgIpc) is 2.23. The summed E-state index contributed by atoms with van der Waals surface area (Å²) in [5, 5.41) is 5.77. The molecule has 1 rings (SSSR count). The van der Waals surface area contributed by atoms with E-state index in [-0.39, 0.29) is 17.3 Å². The quantitative estimate of drug-likeness (QED) is 0.559. The molecule has 106 valence electrons. The zero-order chi connectivity index (χ0) is 14.8. The van der Waals surface area contributed by atoms with Gasteiger partial charge in [-0.2, -0.15) is 0 Å². The van der Waals surface area contributed by atoms with Crippen molar-refractivity contribution in [3.8, 4) is 0 Å². The van der Waals surface area contributed by atoms with Gasteiger partial charge in [-0.05, 0) is 56.4 Å². The monoisotopic (exact) mass is 379 g/mol. The van der Waals surface area contributed by atoms with Crippen molar-refractivity contribution in [2.24, 2.45) is 0 Å². The van der Waals surface area contributed by atoms with E-state index in [1.54, 1.807) is 6.92 Å². The van der Waals surface area contributed by atoms with Crippen LogP contribution in [0.3, 0.4) is 0 Å². The number of nitrogens with one attached hydrogen (secondary N) is 2. The number of rotatable bonds is 3. The van der Waals surface area contributed by atoms with Crippen LogP contribution in [0.5, 0.6) is 0 Å². The second kappa shape index (κ2) is 5.94. The number of nitrogen functional groups attached to an aromatic ring is 1. The summed E-state index contributed by atoms with van der Waals surface area (Å²) in [6.45, 7) is 7.40. The molecule has 0 bridgehead atoms. The lowest BCUT2D eigenvalue weighted by Gasteiger charge is -2.24. The number of hydrogen-bond donors (Lipinski definition) is 3. The molecule has 0 radical (unpaired) electrons. The third kappa shape index (κ3) is 4.85. The van der Waals surface area contributed by atoms with Crippen molar-refractivity contribution >= 4 is 39.9 Å². The molecule has 0 aliphatic rings. The fraction of sp³-hybridized carbons (Fsp3) is 0.462. The van der Waals surface area contributed by atoms with E-state index in [1.165, 1.54) is 12.1 Å². The Labute approximate surface area is 126 Å². The van der Waals surface area contributed by atoms with E-state index in [0.717, 1.165) is 0 Å². The highest BCUT2D eigenvalue weighted by atomic mass is 127. The molecule has 1 aromatic rings. The highest BCUT2D eigenvalue weighted by molar-refractivity contribution is 14.1. The van der Waals surface area contributed by atoms with Gasteiger partial charge in [-0.25, -0.2) is 4.39 Å². The SMILES string of the molecule is CC(Nc1cc(F)c(I)cc1N)C(=O)NC(C)(C)C. The topological polar surface area (TPSA) is 67.1 Å². The summed E-state index contributed by atoms with van der Waals surface area (Å²) in [6.07, 6.45) is 0. The van der Waals surface area contributed by atoms with E-state index in [2.05, 4.69) is 10.6 Å². The maximum atomic E-state index is 13.5. The Morgan fingerprint density at radius 2 is 2.00 bits per heavy atom. The third-order valence-electron chi connectivity index (χ3n) is 2.36. The zero-order valence-corrected chi connectivity index (χ0v) is 13.6. The molecule has 4 nitrogen and oxygen atoms in total. The molecule has 0 saturated heterocycles. The van der Waals surface area contributed by atoms with Crippen molar-refractivity contribution in [3.05, 3.63) is 21.5 Å². The zero-order valence-electron chi connectivity index (χ0n) is 11.5. The number of hydrogen-bond acceptors (Lipinski definition) is 3. The van der Waals surface area contributed by atoms with Gasteiger partial charge in [0.15, 0.2) is 0 Å². The molecule has 0 aliphatic heterocycles. The van der Waals surface area contributed by atoms with E-state index < -0.39 is 6.04 Å². The highest BCUT2D eigenvalue weighted by Gasteiger charge is 2.20. The molecule has 19 heavy (non-hydrogen) atoms. The molecule has 0 heterocycles. The summed E-state index contributed by atoms with van der Waals surface area (Å²) in [5.41, 5.74) is 6.33. The second-order valence-electron chi connectivity index (χ2n) is 5.46. The van der Waals surface area contributed by atoms with E-state index in [0.29, 0.717) is 14.9 Å². The van der Waals surface area contributed by atoms with Crippen LogP contribution in [0.15, 0.2) is 12.1 Å². The lowest BCUT2D eigenvalue weighted by Crippen LogP contribution is -2.47. The van der Waals surface area contributed by atoms with Crippen LogP contribution in [0.4, 0.5) is 15.8 Å². The molecule has 1 aromatic carbocycles. The fourth-order valence-corrected chi connectivity index (χ4v) is 1.96. The normalized spacial score (nSPS) is 12.9. The van der Waals surface area contributed by atoms with Crippen molar-refractivity contribution < 1.29 is 9.18 Å². The second-order valence-corrected chi connectivity index (χ2v) is 6.62. The van der Waals surface area contributed by atoms with Crippen LogP contribution < -0.4 is 16.4 Å². The highest BCUT2D eigenvalue weighted by Crippen LogP contribution is 2.24. The number of benzene rings is 1. The molecule has 1 atom stereocenters. The summed E-state index contributed by atoms with van der Waals surface area (Å²) in [4.78, 5) is 11.9. The van der Waals surface area contributed by atoms with Crippen molar-refractivity contribution in [2.75, 3.05) is 11.1 Å². The number of nitrogens with two attached hydrogens (primary N) is 1. The Hall–Kier alpha value is -1.05. The van der Waals surface area contributed by atoms with Gasteiger partial charge < -0.3 is 16.4 Å². The first-order chi connectivity index (χ1) is 8.60. The van der Waals surface area contributed by atoms with Crippen LogP contribution in [0.1, 0.15) is 27.7 Å². The fourth-order valence-electron chi connectivity index (χ4n) is 1.46. The van der Waals surface area contributed by atoms with Crippen LogP contribution >= 0.6 is 22.6 Å². The first kappa shape index (κ1) is 16.0. The molecule has 1 unspecified atom stereocenters. The van der Waals surface area contributed by atoms with E-state index in [1.807, 2.05) is 43.4 Å². The summed E-state index contributed by atoms with van der Waals surface area (Å²) >= 11 is 1.87. The molecule has 0 aromatic heterocycles. The summed E-state index contributed by atoms with van der Waals surface area (Å²) in [6, 6.07) is 2.34. The first-order valence-electron chi connectivity index (χ1n) is 5.93. The van der Waals surface area contributed by atoms with Gasteiger partial charge in [-0.3, -0.25) is 4.79 Å².